The highest BCUT2D eigenvalue weighted by Crippen LogP contribution is 2.23. The Morgan fingerprint density at radius 3 is 2.33 bits per heavy atom. The van der Waals surface area contributed by atoms with Crippen molar-refractivity contribution in [3.05, 3.63) is 53.2 Å². The third kappa shape index (κ3) is 3.19. The van der Waals surface area contributed by atoms with Crippen molar-refractivity contribution >= 4 is 22.8 Å². The average molecular weight is 296 g/mol. The quantitative estimate of drug-likeness (QED) is 0.545. The van der Waals surface area contributed by atoms with Crippen LogP contribution in [-0.2, 0) is 5.75 Å². The SMILES string of the molecule is Cc1cc(SCc2nc3ccccc3nc2C)nc(C)n1. The monoisotopic (exact) mass is 296 g/mol. The lowest BCUT2D eigenvalue weighted by Gasteiger charge is -2.07. The standard InChI is InChI=1S/C16H16N4S/c1-10-8-16(19-12(3)17-10)21-9-15-11(2)18-13-6-4-5-7-14(13)20-15/h4-8H,9H2,1-3H3. The predicted octanol–water partition coefficient (Wildman–Crippen LogP) is 3.64. The van der Waals surface area contributed by atoms with Crippen LogP contribution in [0.3, 0.4) is 0 Å². The Morgan fingerprint density at radius 2 is 1.62 bits per heavy atom. The summed E-state index contributed by atoms with van der Waals surface area (Å²) < 4.78 is 0. The van der Waals surface area contributed by atoms with E-state index in [1.807, 2.05) is 51.1 Å². The van der Waals surface area contributed by atoms with Crippen LogP contribution in [-0.4, -0.2) is 19.9 Å². The summed E-state index contributed by atoms with van der Waals surface area (Å²) in [6.07, 6.45) is 0. The van der Waals surface area contributed by atoms with E-state index in [0.29, 0.717) is 0 Å². The van der Waals surface area contributed by atoms with Crippen LogP contribution >= 0.6 is 11.8 Å². The van der Waals surface area contributed by atoms with E-state index in [4.69, 9.17) is 4.98 Å². The molecule has 5 heteroatoms. The molecule has 0 spiro atoms. The van der Waals surface area contributed by atoms with E-state index in [-0.39, 0.29) is 0 Å². The highest BCUT2D eigenvalue weighted by molar-refractivity contribution is 7.98. The van der Waals surface area contributed by atoms with E-state index in [9.17, 15) is 0 Å². The maximum Gasteiger partial charge on any atom is 0.126 e. The Labute approximate surface area is 128 Å². The van der Waals surface area contributed by atoms with E-state index in [0.717, 1.165) is 44.7 Å². The molecule has 2 aromatic heterocycles. The lowest BCUT2D eigenvalue weighted by molar-refractivity contribution is 0.935. The molecular formula is C16H16N4S. The first kappa shape index (κ1) is 13.9. The normalized spacial score (nSPS) is 11.0. The van der Waals surface area contributed by atoms with Crippen molar-refractivity contribution < 1.29 is 0 Å². The number of rotatable bonds is 3. The van der Waals surface area contributed by atoms with Crippen LogP contribution in [0.15, 0.2) is 35.4 Å². The average Bonchev–Trinajstić information content (AvgIpc) is 2.44. The van der Waals surface area contributed by atoms with Crippen LogP contribution in [0.25, 0.3) is 11.0 Å². The van der Waals surface area contributed by atoms with Gasteiger partial charge in [-0.2, -0.15) is 0 Å². The molecule has 0 N–H and O–H groups in total. The number of aryl methyl sites for hydroxylation is 3. The molecule has 3 aromatic rings. The van der Waals surface area contributed by atoms with Crippen LogP contribution in [0, 0.1) is 20.8 Å². The summed E-state index contributed by atoms with van der Waals surface area (Å²) in [5, 5.41) is 0.981. The summed E-state index contributed by atoms with van der Waals surface area (Å²) in [5.41, 5.74) is 4.86. The first-order valence-electron chi connectivity index (χ1n) is 6.79. The third-order valence-electron chi connectivity index (χ3n) is 3.14. The van der Waals surface area contributed by atoms with Crippen molar-refractivity contribution in [2.75, 3.05) is 0 Å². The van der Waals surface area contributed by atoms with Crippen molar-refractivity contribution in [1.29, 1.82) is 0 Å². The molecule has 0 bridgehead atoms. The van der Waals surface area contributed by atoms with E-state index < -0.39 is 0 Å². The fourth-order valence-corrected chi connectivity index (χ4v) is 3.17. The smallest absolute Gasteiger partial charge is 0.126 e. The molecular weight excluding hydrogens is 280 g/mol. The molecule has 0 atom stereocenters. The molecule has 3 rings (SSSR count). The molecule has 0 aliphatic carbocycles. The fourth-order valence-electron chi connectivity index (χ4n) is 2.16. The zero-order valence-electron chi connectivity index (χ0n) is 12.3. The summed E-state index contributed by atoms with van der Waals surface area (Å²) in [6.45, 7) is 5.91. The summed E-state index contributed by atoms with van der Waals surface area (Å²) in [6, 6.07) is 9.96. The molecule has 0 aliphatic heterocycles. The van der Waals surface area contributed by atoms with Gasteiger partial charge < -0.3 is 0 Å². The molecule has 0 radical (unpaired) electrons. The van der Waals surface area contributed by atoms with Gasteiger partial charge in [-0.1, -0.05) is 23.9 Å². The van der Waals surface area contributed by atoms with Gasteiger partial charge in [0.05, 0.1) is 22.4 Å². The number of thioether (sulfide) groups is 1. The second-order valence-electron chi connectivity index (χ2n) is 4.93. The number of hydrogen-bond acceptors (Lipinski definition) is 5. The Bertz CT molecular complexity index is 781. The maximum atomic E-state index is 4.71. The van der Waals surface area contributed by atoms with Crippen molar-refractivity contribution in [1.82, 2.24) is 19.9 Å². The lowest BCUT2D eigenvalue weighted by atomic mass is 10.2. The molecule has 0 aliphatic rings. The van der Waals surface area contributed by atoms with Crippen LogP contribution in [0.1, 0.15) is 22.9 Å². The first-order chi connectivity index (χ1) is 10.1. The molecule has 0 saturated heterocycles. The molecule has 1 aromatic carbocycles. The molecule has 2 heterocycles. The molecule has 106 valence electrons. The van der Waals surface area contributed by atoms with Crippen LogP contribution in [0.4, 0.5) is 0 Å². The maximum absolute atomic E-state index is 4.71. The summed E-state index contributed by atoms with van der Waals surface area (Å²) in [4.78, 5) is 18.1. The lowest BCUT2D eigenvalue weighted by Crippen LogP contribution is -1.98. The number of benzene rings is 1. The summed E-state index contributed by atoms with van der Waals surface area (Å²) in [7, 11) is 0. The van der Waals surface area contributed by atoms with Gasteiger partial charge in [0.2, 0.25) is 0 Å². The second kappa shape index (κ2) is 5.77. The summed E-state index contributed by atoms with van der Waals surface area (Å²) in [5.74, 6) is 1.57. The number of nitrogens with zero attached hydrogens (tertiary/aromatic N) is 4. The Kier molecular flexibility index (Phi) is 3.84. The topological polar surface area (TPSA) is 51.6 Å². The molecule has 0 fully saturated rings. The van der Waals surface area contributed by atoms with Crippen LogP contribution in [0.2, 0.25) is 0 Å². The Hall–Kier alpha value is -2.01. The highest BCUT2D eigenvalue weighted by Gasteiger charge is 2.07. The van der Waals surface area contributed by atoms with Gasteiger partial charge >= 0.3 is 0 Å². The minimum absolute atomic E-state index is 0.763. The van der Waals surface area contributed by atoms with Crippen LogP contribution < -0.4 is 0 Å². The second-order valence-corrected chi connectivity index (χ2v) is 5.92. The van der Waals surface area contributed by atoms with Gasteiger partial charge in [-0.05, 0) is 39.0 Å². The molecule has 0 saturated carbocycles. The zero-order valence-corrected chi connectivity index (χ0v) is 13.1. The van der Waals surface area contributed by atoms with Gasteiger partial charge in [-0.15, -0.1) is 0 Å². The fraction of sp³-hybridized carbons (Fsp3) is 0.250. The van der Waals surface area contributed by atoms with Gasteiger partial charge in [0, 0.05) is 11.4 Å². The van der Waals surface area contributed by atoms with Crippen molar-refractivity contribution in [3.63, 3.8) is 0 Å². The van der Waals surface area contributed by atoms with Gasteiger partial charge in [-0.25, -0.2) is 19.9 Å². The first-order valence-corrected chi connectivity index (χ1v) is 7.78. The molecule has 0 amide bonds. The molecule has 21 heavy (non-hydrogen) atoms. The minimum atomic E-state index is 0.763. The van der Waals surface area contributed by atoms with E-state index in [1.165, 1.54) is 0 Å². The van der Waals surface area contributed by atoms with Crippen molar-refractivity contribution in [2.45, 2.75) is 31.6 Å². The minimum Gasteiger partial charge on any atom is -0.250 e. The van der Waals surface area contributed by atoms with E-state index in [1.54, 1.807) is 11.8 Å². The van der Waals surface area contributed by atoms with Gasteiger partial charge in [0.25, 0.3) is 0 Å². The van der Waals surface area contributed by atoms with Crippen molar-refractivity contribution in [2.24, 2.45) is 0 Å². The van der Waals surface area contributed by atoms with Gasteiger partial charge in [0.1, 0.15) is 10.9 Å². The van der Waals surface area contributed by atoms with E-state index >= 15 is 0 Å². The number of fused-ring (bicyclic) bond motifs is 1. The molecule has 4 nitrogen and oxygen atoms in total. The largest absolute Gasteiger partial charge is 0.250 e. The Balaban J connectivity index is 1.86. The number of para-hydroxylation sites is 2. The van der Waals surface area contributed by atoms with E-state index in [2.05, 4.69) is 15.0 Å². The van der Waals surface area contributed by atoms with Gasteiger partial charge in [0.15, 0.2) is 0 Å². The summed E-state index contributed by atoms with van der Waals surface area (Å²) >= 11 is 1.67. The predicted molar refractivity (Wildman–Crippen MR) is 85.3 cm³/mol. The zero-order chi connectivity index (χ0) is 14.8. The Morgan fingerprint density at radius 1 is 0.905 bits per heavy atom. The van der Waals surface area contributed by atoms with Gasteiger partial charge in [-0.3, -0.25) is 0 Å². The van der Waals surface area contributed by atoms with Crippen molar-refractivity contribution in [3.8, 4) is 0 Å². The van der Waals surface area contributed by atoms with Crippen LogP contribution in [0.5, 0.6) is 0 Å². The molecule has 0 unspecified atom stereocenters. The third-order valence-corrected chi connectivity index (χ3v) is 4.06. The highest BCUT2D eigenvalue weighted by atomic mass is 32.2. The number of aromatic nitrogens is 4. The number of hydrogen-bond donors (Lipinski definition) is 0.